The number of carbonyl (C=O) groups is 1. The van der Waals surface area contributed by atoms with Crippen LogP contribution < -0.4 is 10.1 Å². The highest BCUT2D eigenvalue weighted by atomic mass is 35.5. The van der Waals surface area contributed by atoms with Crippen molar-refractivity contribution in [3.05, 3.63) is 64.0 Å². The summed E-state index contributed by atoms with van der Waals surface area (Å²) in [4.78, 5) is 19.6. The van der Waals surface area contributed by atoms with Crippen molar-refractivity contribution in [2.75, 3.05) is 19.7 Å². The minimum absolute atomic E-state index is 0.0604. The van der Waals surface area contributed by atoms with Gasteiger partial charge in [0, 0.05) is 17.1 Å². The molecule has 34 heavy (non-hydrogen) atoms. The van der Waals surface area contributed by atoms with E-state index in [4.69, 9.17) is 32.5 Å². The smallest absolute Gasteiger partial charge is 0.241 e. The normalized spacial score (nSPS) is 17.4. The second kappa shape index (κ2) is 11.2. The van der Waals surface area contributed by atoms with Crippen LogP contribution >= 0.6 is 23.2 Å². The molecule has 1 saturated heterocycles. The fourth-order valence-electron chi connectivity index (χ4n) is 4.14. The molecule has 1 aliphatic rings. The first-order valence-corrected chi connectivity index (χ1v) is 12.2. The number of rotatable bonds is 8. The monoisotopic (exact) mass is 502 g/mol. The first-order chi connectivity index (χ1) is 16.4. The van der Waals surface area contributed by atoms with Crippen molar-refractivity contribution in [3.8, 4) is 17.1 Å². The lowest BCUT2D eigenvalue weighted by molar-refractivity contribution is -0.127. The molecule has 2 heterocycles. The van der Waals surface area contributed by atoms with Crippen LogP contribution in [-0.4, -0.2) is 40.6 Å². The SMILES string of the molecule is CCOc1ccc(C(C)NC(=O)C2CCCN(Cc3nc(-c4ccc(Cl)cc4Cl)no3)C2)cc1. The van der Waals surface area contributed by atoms with E-state index < -0.39 is 0 Å². The Kier molecular flexibility index (Phi) is 8.08. The van der Waals surface area contributed by atoms with Crippen LogP contribution in [0.4, 0.5) is 0 Å². The number of carbonyl (C=O) groups excluding carboxylic acids is 1. The Bertz CT molecular complexity index is 1120. The predicted octanol–water partition coefficient (Wildman–Crippen LogP) is 5.53. The molecule has 2 aromatic carbocycles. The van der Waals surface area contributed by atoms with E-state index in [9.17, 15) is 4.79 Å². The van der Waals surface area contributed by atoms with Gasteiger partial charge in [-0.2, -0.15) is 4.98 Å². The first kappa shape index (κ1) is 24.5. The Morgan fingerprint density at radius 1 is 1.26 bits per heavy atom. The van der Waals surface area contributed by atoms with Gasteiger partial charge in [0.1, 0.15) is 5.75 Å². The van der Waals surface area contributed by atoms with Gasteiger partial charge in [-0.05, 0) is 69.1 Å². The maximum absolute atomic E-state index is 13.0. The molecule has 180 valence electrons. The molecule has 2 atom stereocenters. The zero-order valence-electron chi connectivity index (χ0n) is 19.3. The fraction of sp³-hybridized carbons (Fsp3) is 0.400. The highest BCUT2D eigenvalue weighted by molar-refractivity contribution is 6.36. The summed E-state index contributed by atoms with van der Waals surface area (Å²) in [5.74, 6) is 1.71. The second-order valence-electron chi connectivity index (χ2n) is 8.44. The molecule has 0 spiro atoms. The molecule has 1 amide bonds. The van der Waals surface area contributed by atoms with E-state index in [1.807, 2.05) is 38.1 Å². The molecular weight excluding hydrogens is 475 g/mol. The van der Waals surface area contributed by atoms with Crippen LogP contribution in [-0.2, 0) is 11.3 Å². The molecule has 0 aliphatic carbocycles. The summed E-state index contributed by atoms with van der Waals surface area (Å²) >= 11 is 12.2. The van der Waals surface area contributed by atoms with E-state index in [-0.39, 0.29) is 17.9 Å². The zero-order valence-corrected chi connectivity index (χ0v) is 20.8. The molecule has 1 N–H and O–H groups in total. The number of nitrogens with zero attached hydrogens (tertiary/aromatic N) is 3. The molecule has 1 aliphatic heterocycles. The molecule has 2 unspecified atom stereocenters. The Morgan fingerprint density at radius 2 is 2.06 bits per heavy atom. The van der Waals surface area contributed by atoms with Gasteiger partial charge in [-0.1, -0.05) is 40.5 Å². The van der Waals surface area contributed by atoms with Crippen LogP contribution in [0, 0.1) is 5.92 Å². The van der Waals surface area contributed by atoms with Gasteiger partial charge in [-0.15, -0.1) is 0 Å². The number of nitrogens with one attached hydrogen (secondary N) is 1. The van der Waals surface area contributed by atoms with E-state index in [1.54, 1.807) is 18.2 Å². The van der Waals surface area contributed by atoms with Crippen LogP contribution in [0.15, 0.2) is 47.0 Å². The number of likely N-dealkylation sites (tertiary alicyclic amines) is 1. The molecule has 0 saturated carbocycles. The summed E-state index contributed by atoms with van der Waals surface area (Å²) < 4.78 is 10.9. The summed E-state index contributed by atoms with van der Waals surface area (Å²) in [5, 5.41) is 8.23. The third-order valence-electron chi connectivity index (χ3n) is 5.93. The molecule has 1 fully saturated rings. The molecule has 0 bridgehead atoms. The van der Waals surface area contributed by atoms with Gasteiger partial charge in [0.05, 0.1) is 30.1 Å². The minimum atomic E-state index is -0.0907. The van der Waals surface area contributed by atoms with Crippen LogP contribution in [0.3, 0.4) is 0 Å². The molecule has 3 aromatic rings. The second-order valence-corrected chi connectivity index (χ2v) is 9.29. The number of ether oxygens (including phenoxy) is 1. The van der Waals surface area contributed by atoms with E-state index in [1.165, 1.54) is 0 Å². The predicted molar refractivity (Wildman–Crippen MR) is 132 cm³/mol. The summed E-state index contributed by atoms with van der Waals surface area (Å²) in [6.07, 6.45) is 1.79. The third-order valence-corrected chi connectivity index (χ3v) is 6.47. The lowest BCUT2D eigenvalue weighted by Crippen LogP contribution is -2.43. The van der Waals surface area contributed by atoms with Crippen molar-refractivity contribution >= 4 is 29.1 Å². The number of hydrogen-bond donors (Lipinski definition) is 1. The summed E-state index contributed by atoms with van der Waals surface area (Å²) in [5.41, 5.74) is 1.71. The number of aromatic nitrogens is 2. The highest BCUT2D eigenvalue weighted by Crippen LogP contribution is 2.29. The summed E-state index contributed by atoms with van der Waals surface area (Å²) in [6, 6.07) is 12.9. The lowest BCUT2D eigenvalue weighted by Gasteiger charge is -2.31. The summed E-state index contributed by atoms with van der Waals surface area (Å²) in [7, 11) is 0. The fourth-order valence-corrected chi connectivity index (χ4v) is 4.63. The number of piperidine rings is 1. The van der Waals surface area contributed by atoms with Gasteiger partial charge in [0.2, 0.25) is 17.6 Å². The van der Waals surface area contributed by atoms with Crippen molar-refractivity contribution < 1.29 is 14.1 Å². The number of halogens is 2. The van der Waals surface area contributed by atoms with E-state index in [0.717, 1.165) is 30.7 Å². The largest absolute Gasteiger partial charge is 0.494 e. The van der Waals surface area contributed by atoms with Crippen LogP contribution in [0.5, 0.6) is 5.75 Å². The Labute approximate surface area is 209 Å². The highest BCUT2D eigenvalue weighted by Gasteiger charge is 2.28. The van der Waals surface area contributed by atoms with Crippen molar-refractivity contribution in [2.45, 2.75) is 39.3 Å². The van der Waals surface area contributed by atoms with E-state index in [2.05, 4.69) is 20.4 Å². The average molecular weight is 503 g/mol. The quantitative estimate of drug-likeness (QED) is 0.435. The number of benzene rings is 2. The minimum Gasteiger partial charge on any atom is -0.494 e. The van der Waals surface area contributed by atoms with Crippen LogP contribution in [0.2, 0.25) is 10.0 Å². The average Bonchev–Trinajstić information content (AvgIpc) is 3.28. The zero-order chi connectivity index (χ0) is 24.1. The maximum atomic E-state index is 13.0. The molecule has 0 radical (unpaired) electrons. The maximum Gasteiger partial charge on any atom is 0.241 e. The first-order valence-electron chi connectivity index (χ1n) is 11.5. The topological polar surface area (TPSA) is 80.5 Å². The third kappa shape index (κ3) is 6.09. The Balaban J connectivity index is 1.33. The van der Waals surface area contributed by atoms with Gasteiger partial charge in [0.15, 0.2) is 0 Å². The van der Waals surface area contributed by atoms with Gasteiger partial charge in [0.25, 0.3) is 0 Å². The van der Waals surface area contributed by atoms with Gasteiger partial charge in [-0.3, -0.25) is 9.69 Å². The number of hydrogen-bond acceptors (Lipinski definition) is 6. The lowest BCUT2D eigenvalue weighted by atomic mass is 9.96. The van der Waals surface area contributed by atoms with Crippen LogP contribution in [0.25, 0.3) is 11.4 Å². The van der Waals surface area contributed by atoms with Gasteiger partial charge >= 0.3 is 0 Å². The summed E-state index contributed by atoms with van der Waals surface area (Å²) in [6.45, 7) is 6.58. The van der Waals surface area contributed by atoms with E-state index >= 15 is 0 Å². The van der Waals surface area contributed by atoms with Crippen LogP contribution in [0.1, 0.15) is 44.2 Å². The van der Waals surface area contributed by atoms with Gasteiger partial charge in [-0.25, -0.2) is 0 Å². The van der Waals surface area contributed by atoms with Crippen molar-refractivity contribution in [2.24, 2.45) is 5.92 Å². The van der Waals surface area contributed by atoms with Gasteiger partial charge < -0.3 is 14.6 Å². The standard InChI is InChI=1S/C25H28Cl2N4O3/c1-3-33-20-9-6-17(7-10-20)16(2)28-25(32)18-5-4-12-31(14-18)15-23-29-24(30-34-23)21-11-8-19(26)13-22(21)27/h6-11,13,16,18H,3-5,12,14-15H2,1-2H3,(H,28,32). The Hall–Kier alpha value is -2.61. The molecular formula is C25H28Cl2N4O3. The molecule has 1 aromatic heterocycles. The van der Waals surface area contributed by atoms with Crippen molar-refractivity contribution in [1.82, 2.24) is 20.4 Å². The number of amides is 1. The molecule has 9 heteroatoms. The molecule has 4 rings (SSSR count). The van der Waals surface area contributed by atoms with Crippen molar-refractivity contribution in [3.63, 3.8) is 0 Å². The van der Waals surface area contributed by atoms with Crippen molar-refractivity contribution in [1.29, 1.82) is 0 Å². The molecule has 7 nitrogen and oxygen atoms in total. The Morgan fingerprint density at radius 3 is 2.79 bits per heavy atom. The van der Waals surface area contributed by atoms with E-state index in [0.29, 0.717) is 47.0 Å².